The van der Waals surface area contributed by atoms with Gasteiger partial charge in [0.25, 0.3) is 0 Å². The zero-order valence-electron chi connectivity index (χ0n) is 17.6. The van der Waals surface area contributed by atoms with Crippen molar-refractivity contribution in [3.8, 4) is 5.75 Å². The van der Waals surface area contributed by atoms with Crippen LogP contribution < -0.4 is 10.1 Å². The lowest BCUT2D eigenvalue weighted by Gasteiger charge is -2.26. The van der Waals surface area contributed by atoms with Crippen molar-refractivity contribution in [2.45, 2.75) is 46.1 Å². The van der Waals surface area contributed by atoms with Crippen molar-refractivity contribution in [3.63, 3.8) is 0 Å². The van der Waals surface area contributed by atoms with Crippen molar-refractivity contribution >= 4 is 34.1 Å². The van der Waals surface area contributed by atoms with E-state index in [0.717, 1.165) is 10.6 Å². The Morgan fingerprint density at radius 3 is 2.73 bits per heavy atom. The predicted octanol–water partition coefficient (Wildman–Crippen LogP) is 3.68. The average molecular weight is 430 g/mol. The number of ketones is 1. The van der Waals surface area contributed by atoms with Crippen molar-refractivity contribution in [1.82, 2.24) is 9.88 Å². The van der Waals surface area contributed by atoms with E-state index in [-0.39, 0.29) is 30.4 Å². The first kappa shape index (κ1) is 22.0. The summed E-state index contributed by atoms with van der Waals surface area (Å²) in [6.45, 7) is 5.27. The molecule has 0 saturated heterocycles. The van der Waals surface area contributed by atoms with Gasteiger partial charge < -0.3 is 15.0 Å². The molecule has 0 radical (unpaired) electrons. The van der Waals surface area contributed by atoms with E-state index in [1.54, 1.807) is 24.3 Å². The second kappa shape index (κ2) is 9.84. The molecule has 0 unspecified atom stereocenters. The summed E-state index contributed by atoms with van der Waals surface area (Å²) in [5.41, 5.74) is 1.41. The number of nitrogens with zero attached hydrogens (tertiary/aromatic N) is 2. The Hall–Kier alpha value is -2.74. The fourth-order valence-electron chi connectivity index (χ4n) is 3.36. The van der Waals surface area contributed by atoms with E-state index >= 15 is 0 Å². The Labute approximate surface area is 180 Å². The topological polar surface area (TPSA) is 88.6 Å². The second-order valence-electron chi connectivity index (χ2n) is 7.72. The second-order valence-corrected chi connectivity index (χ2v) is 8.81. The molecule has 0 aliphatic carbocycles. The number of Topliss-reactive ketones (excluding diaryl/α,β-unsaturated/α-hetero) is 1. The van der Waals surface area contributed by atoms with E-state index < -0.39 is 0 Å². The van der Waals surface area contributed by atoms with Gasteiger partial charge in [-0.15, -0.1) is 0 Å². The Balaban J connectivity index is 1.54. The van der Waals surface area contributed by atoms with Gasteiger partial charge in [-0.1, -0.05) is 37.3 Å². The van der Waals surface area contributed by atoms with Gasteiger partial charge in [0.15, 0.2) is 10.9 Å². The predicted molar refractivity (Wildman–Crippen MR) is 116 cm³/mol. The molecule has 1 aromatic heterocycles. The van der Waals surface area contributed by atoms with Crippen LogP contribution in [0.3, 0.4) is 0 Å². The molecule has 2 aromatic rings. The number of anilines is 1. The Kier molecular flexibility index (Phi) is 7.20. The third kappa shape index (κ3) is 5.44. The van der Waals surface area contributed by atoms with Crippen molar-refractivity contribution in [2.75, 3.05) is 19.0 Å². The quantitative estimate of drug-likeness (QED) is 0.647. The lowest BCUT2D eigenvalue weighted by atomic mass is 10.1. The molecule has 160 valence electrons. The van der Waals surface area contributed by atoms with Crippen LogP contribution in [0.5, 0.6) is 5.75 Å². The van der Waals surface area contributed by atoms with Crippen LogP contribution in [0.1, 0.15) is 54.0 Å². The van der Waals surface area contributed by atoms with Gasteiger partial charge in [-0.2, -0.15) is 0 Å². The molecule has 2 amide bonds. The Bertz CT molecular complexity index is 938. The summed E-state index contributed by atoms with van der Waals surface area (Å²) in [5, 5.41) is 3.31. The summed E-state index contributed by atoms with van der Waals surface area (Å²) in [7, 11) is 1.51. The van der Waals surface area contributed by atoms with Crippen LogP contribution in [0, 0.1) is 5.92 Å². The number of amides is 2. The van der Waals surface area contributed by atoms with E-state index in [1.165, 1.54) is 18.4 Å². The number of ether oxygens (including phenoxy) is 1. The summed E-state index contributed by atoms with van der Waals surface area (Å²) in [6, 6.07) is 6.98. The number of carbonyl (C=O) groups excluding carboxylic acids is 3. The molecule has 0 saturated carbocycles. The molecule has 1 aromatic carbocycles. The first-order valence-corrected chi connectivity index (χ1v) is 10.9. The molecule has 3 rings (SSSR count). The summed E-state index contributed by atoms with van der Waals surface area (Å²) >= 11 is 1.40. The molecule has 1 aliphatic rings. The number of fused-ring (bicyclic) bond motifs is 1. The van der Waals surface area contributed by atoms with Gasteiger partial charge in [0.1, 0.15) is 5.75 Å². The van der Waals surface area contributed by atoms with E-state index in [4.69, 9.17) is 4.74 Å². The van der Waals surface area contributed by atoms with Gasteiger partial charge in [0, 0.05) is 37.1 Å². The van der Waals surface area contributed by atoms with Crippen LogP contribution in [0.4, 0.5) is 5.13 Å². The number of rotatable bonds is 8. The number of hydrogen-bond acceptors (Lipinski definition) is 6. The summed E-state index contributed by atoms with van der Waals surface area (Å²) in [4.78, 5) is 44.4. The highest BCUT2D eigenvalue weighted by Gasteiger charge is 2.25. The molecular formula is C22H27N3O4S. The van der Waals surface area contributed by atoms with Crippen LogP contribution in [0.2, 0.25) is 0 Å². The maximum atomic E-state index is 12.4. The standard InChI is InChI=1S/C22H27N3O4S/c1-14(2)12-21(28)25-11-10-16-19(13-25)30-22(23-16)24-20(27)9-8-17(26)15-6-4-5-7-18(15)29-3/h4-7,14H,8-13H2,1-3H3,(H,23,24,27). The molecule has 1 N–H and O–H groups in total. The number of nitrogens with one attached hydrogen (secondary N) is 1. The molecule has 0 spiro atoms. The maximum Gasteiger partial charge on any atom is 0.226 e. The number of thiazole rings is 1. The normalized spacial score (nSPS) is 13.1. The lowest BCUT2D eigenvalue weighted by molar-refractivity contribution is -0.132. The van der Waals surface area contributed by atoms with Crippen LogP contribution >= 0.6 is 11.3 Å². The Morgan fingerprint density at radius 2 is 2.00 bits per heavy atom. The zero-order chi connectivity index (χ0) is 21.7. The largest absolute Gasteiger partial charge is 0.496 e. The van der Waals surface area contributed by atoms with Gasteiger partial charge in [-0.25, -0.2) is 4.98 Å². The first-order valence-electron chi connectivity index (χ1n) is 10.1. The number of methoxy groups -OCH3 is 1. The van der Waals surface area contributed by atoms with E-state index in [2.05, 4.69) is 10.3 Å². The molecule has 0 fully saturated rings. The van der Waals surface area contributed by atoms with Crippen LogP contribution in [0.25, 0.3) is 0 Å². The van der Waals surface area contributed by atoms with E-state index in [1.807, 2.05) is 18.7 Å². The summed E-state index contributed by atoms with van der Waals surface area (Å²) < 4.78 is 5.20. The maximum absolute atomic E-state index is 12.4. The van der Waals surface area contributed by atoms with Gasteiger partial charge >= 0.3 is 0 Å². The smallest absolute Gasteiger partial charge is 0.226 e. The molecule has 8 heteroatoms. The minimum Gasteiger partial charge on any atom is -0.496 e. The van der Waals surface area contributed by atoms with Crippen molar-refractivity contribution in [3.05, 3.63) is 40.4 Å². The van der Waals surface area contributed by atoms with Gasteiger partial charge in [0.05, 0.1) is 24.9 Å². The van der Waals surface area contributed by atoms with Crippen LogP contribution in [-0.2, 0) is 22.6 Å². The fourth-order valence-corrected chi connectivity index (χ4v) is 4.40. The average Bonchev–Trinajstić information content (AvgIpc) is 3.12. The van der Waals surface area contributed by atoms with Crippen LogP contribution in [-0.4, -0.2) is 41.1 Å². The molecule has 0 atom stereocenters. The SMILES string of the molecule is COc1ccccc1C(=O)CCC(=O)Nc1nc2c(s1)CN(C(=O)CC(C)C)CC2. The summed E-state index contributed by atoms with van der Waals surface area (Å²) in [5.74, 6) is 0.600. The number of para-hydroxylation sites is 1. The number of carbonyl (C=O) groups is 3. The lowest BCUT2D eigenvalue weighted by Crippen LogP contribution is -2.36. The first-order chi connectivity index (χ1) is 14.4. The molecule has 7 nitrogen and oxygen atoms in total. The number of hydrogen-bond donors (Lipinski definition) is 1. The molecular weight excluding hydrogens is 402 g/mol. The van der Waals surface area contributed by atoms with Gasteiger partial charge in [-0.05, 0) is 18.1 Å². The molecule has 2 heterocycles. The third-order valence-electron chi connectivity index (χ3n) is 4.90. The highest BCUT2D eigenvalue weighted by Crippen LogP contribution is 2.29. The minimum absolute atomic E-state index is 0.0696. The third-order valence-corrected chi connectivity index (χ3v) is 5.90. The molecule has 0 bridgehead atoms. The van der Waals surface area contributed by atoms with Gasteiger partial charge in [0.2, 0.25) is 11.8 Å². The molecule has 30 heavy (non-hydrogen) atoms. The number of aromatic nitrogens is 1. The zero-order valence-corrected chi connectivity index (χ0v) is 18.4. The fraction of sp³-hybridized carbons (Fsp3) is 0.455. The van der Waals surface area contributed by atoms with E-state index in [9.17, 15) is 14.4 Å². The highest BCUT2D eigenvalue weighted by molar-refractivity contribution is 7.15. The van der Waals surface area contributed by atoms with Gasteiger partial charge in [-0.3, -0.25) is 14.4 Å². The van der Waals surface area contributed by atoms with Crippen LogP contribution in [0.15, 0.2) is 24.3 Å². The van der Waals surface area contributed by atoms with Crippen molar-refractivity contribution < 1.29 is 19.1 Å². The molecule has 1 aliphatic heterocycles. The van der Waals surface area contributed by atoms with E-state index in [0.29, 0.717) is 48.3 Å². The highest BCUT2D eigenvalue weighted by atomic mass is 32.1. The van der Waals surface area contributed by atoms with Crippen molar-refractivity contribution in [2.24, 2.45) is 5.92 Å². The monoisotopic (exact) mass is 429 g/mol. The number of benzene rings is 1. The minimum atomic E-state index is -0.253. The summed E-state index contributed by atoms with van der Waals surface area (Å²) in [6.07, 6.45) is 1.39. The Morgan fingerprint density at radius 1 is 1.23 bits per heavy atom. The van der Waals surface area contributed by atoms with Crippen molar-refractivity contribution in [1.29, 1.82) is 0 Å².